The Balaban J connectivity index is 2.02. The SMILES string of the molecule is Cc1cccc(C)c1NC(=O)Cn1cc(CC(=O)O)nn1. The second-order valence-corrected chi connectivity index (χ2v) is 4.79. The number of aliphatic carboxylic acids is 1. The summed E-state index contributed by atoms with van der Waals surface area (Å²) in [5, 5.41) is 18.9. The summed E-state index contributed by atoms with van der Waals surface area (Å²) in [5.74, 6) is -1.22. The number of anilines is 1. The number of carboxylic acids is 1. The lowest BCUT2D eigenvalue weighted by atomic mass is 10.1. The smallest absolute Gasteiger partial charge is 0.309 e. The molecule has 0 aliphatic heterocycles. The van der Waals surface area contributed by atoms with Crippen molar-refractivity contribution in [3.8, 4) is 0 Å². The number of nitrogens with zero attached hydrogens (tertiary/aromatic N) is 3. The number of rotatable bonds is 5. The molecular weight excluding hydrogens is 272 g/mol. The van der Waals surface area contributed by atoms with Gasteiger partial charge < -0.3 is 10.4 Å². The Bertz CT molecular complexity index is 658. The van der Waals surface area contributed by atoms with Gasteiger partial charge in [0, 0.05) is 11.9 Å². The maximum Gasteiger partial charge on any atom is 0.309 e. The summed E-state index contributed by atoms with van der Waals surface area (Å²) in [6.45, 7) is 3.83. The summed E-state index contributed by atoms with van der Waals surface area (Å²) in [5.41, 5.74) is 3.07. The van der Waals surface area contributed by atoms with Gasteiger partial charge in [-0.25, -0.2) is 4.68 Å². The summed E-state index contributed by atoms with van der Waals surface area (Å²) in [6.07, 6.45) is 1.25. The molecule has 0 aliphatic carbocycles. The van der Waals surface area contributed by atoms with Crippen LogP contribution in [-0.2, 0) is 22.6 Å². The van der Waals surface area contributed by atoms with Gasteiger partial charge in [-0.3, -0.25) is 9.59 Å². The second kappa shape index (κ2) is 6.17. The molecule has 0 fully saturated rings. The topological polar surface area (TPSA) is 97.1 Å². The summed E-state index contributed by atoms with van der Waals surface area (Å²) in [6, 6.07) is 5.77. The van der Waals surface area contributed by atoms with E-state index in [1.807, 2.05) is 32.0 Å². The third kappa shape index (κ3) is 3.88. The molecule has 0 radical (unpaired) electrons. The molecule has 0 aliphatic rings. The average Bonchev–Trinajstić information content (AvgIpc) is 2.80. The van der Waals surface area contributed by atoms with Crippen LogP contribution in [0.5, 0.6) is 0 Å². The van der Waals surface area contributed by atoms with Crippen LogP contribution in [0.25, 0.3) is 0 Å². The largest absolute Gasteiger partial charge is 0.481 e. The first-order valence-electron chi connectivity index (χ1n) is 6.42. The molecule has 2 aromatic rings. The number of hydrogen-bond acceptors (Lipinski definition) is 4. The van der Waals surface area contributed by atoms with Crippen molar-refractivity contribution in [2.24, 2.45) is 0 Å². The van der Waals surface area contributed by atoms with Gasteiger partial charge >= 0.3 is 5.97 Å². The molecule has 1 amide bonds. The van der Waals surface area contributed by atoms with E-state index in [2.05, 4.69) is 15.6 Å². The van der Waals surface area contributed by atoms with Crippen LogP contribution in [-0.4, -0.2) is 32.0 Å². The molecule has 0 atom stereocenters. The van der Waals surface area contributed by atoms with E-state index in [9.17, 15) is 9.59 Å². The maximum absolute atomic E-state index is 12.0. The number of aromatic nitrogens is 3. The zero-order chi connectivity index (χ0) is 15.4. The van der Waals surface area contributed by atoms with Crippen molar-refractivity contribution in [3.63, 3.8) is 0 Å². The zero-order valence-corrected chi connectivity index (χ0v) is 11.8. The standard InChI is InChI=1S/C14H16N4O3/c1-9-4-3-5-10(2)14(9)15-12(19)8-18-7-11(16-17-18)6-13(20)21/h3-5,7H,6,8H2,1-2H3,(H,15,19)(H,20,21). The molecule has 110 valence electrons. The van der Waals surface area contributed by atoms with E-state index in [-0.39, 0.29) is 18.9 Å². The van der Waals surface area contributed by atoms with Crippen LogP contribution in [0.4, 0.5) is 5.69 Å². The summed E-state index contributed by atoms with van der Waals surface area (Å²) < 4.78 is 1.32. The summed E-state index contributed by atoms with van der Waals surface area (Å²) in [7, 11) is 0. The lowest BCUT2D eigenvalue weighted by Gasteiger charge is -2.11. The molecule has 0 bridgehead atoms. The molecule has 2 N–H and O–H groups in total. The van der Waals surface area contributed by atoms with Gasteiger partial charge in [0.15, 0.2) is 0 Å². The molecule has 1 heterocycles. The minimum Gasteiger partial charge on any atom is -0.481 e. The Morgan fingerprint density at radius 3 is 2.57 bits per heavy atom. The van der Waals surface area contributed by atoms with Gasteiger partial charge in [0.05, 0.1) is 12.1 Å². The Morgan fingerprint density at radius 2 is 1.95 bits per heavy atom. The van der Waals surface area contributed by atoms with Crippen molar-refractivity contribution < 1.29 is 14.7 Å². The van der Waals surface area contributed by atoms with Crippen molar-refractivity contribution in [3.05, 3.63) is 41.2 Å². The summed E-state index contributed by atoms with van der Waals surface area (Å²) >= 11 is 0. The Morgan fingerprint density at radius 1 is 1.29 bits per heavy atom. The Hall–Kier alpha value is -2.70. The second-order valence-electron chi connectivity index (χ2n) is 4.79. The van der Waals surface area contributed by atoms with E-state index in [1.54, 1.807) is 0 Å². The zero-order valence-electron chi connectivity index (χ0n) is 11.8. The van der Waals surface area contributed by atoms with E-state index in [1.165, 1.54) is 10.9 Å². The molecule has 0 spiro atoms. The van der Waals surface area contributed by atoms with E-state index < -0.39 is 5.97 Å². The van der Waals surface area contributed by atoms with Crippen LogP contribution in [0.2, 0.25) is 0 Å². The minimum atomic E-state index is -0.984. The highest BCUT2D eigenvalue weighted by Crippen LogP contribution is 2.19. The van der Waals surface area contributed by atoms with Crippen LogP contribution in [0, 0.1) is 13.8 Å². The number of amides is 1. The van der Waals surface area contributed by atoms with Gasteiger partial charge in [-0.1, -0.05) is 23.4 Å². The van der Waals surface area contributed by atoms with Crippen molar-refractivity contribution in [2.75, 3.05) is 5.32 Å². The number of nitrogens with one attached hydrogen (secondary N) is 1. The first-order valence-corrected chi connectivity index (χ1v) is 6.42. The van der Waals surface area contributed by atoms with Gasteiger partial charge in [0.1, 0.15) is 6.54 Å². The van der Waals surface area contributed by atoms with Gasteiger partial charge in [-0.05, 0) is 25.0 Å². The number of aryl methyl sites for hydroxylation is 2. The van der Waals surface area contributed by atoms with Crippen molar-refractivity contribution in [1.82, 2.24) is 15.0 Å². The summed E-state index contributed by atoms with van der Waals surface area (Å²) in [4.78, 5) is 22.6. The van der Waals surface area contributed by atoms with E-state index in [4.69, 9.17) is 5.11 Å². The Labute approximate surface area is 121 Å². The first-order chi connectivity index (χ1) is 9.95. The van der Waals surface area contributed by atoms with Crippen LogP contribution < -0.4 is 5.32 Å². The fraction of sp³-hybridized carbons (Fsp3) is 0.286. The highest BCUT2D eigenvalue weighted by atomic mass is 16.4. The van der Waals surface area contributed by atoms with Crippen molar-refractivity contribution in [1.29, 1.82) is 0 Å². The van der Waals surface area contributed by atoms with E-state index >= 15 is 0 Å². The number of carbonyl (C=O) groups excluding carboxylic acids is 1. The van der Waals surface area contributed by atoms with Gasteiger partial charge in [-0.15, -0.1) is 5.10 Å². The minimum absolute atomic E-state index is 0.0135. The molecule has 7 nitrogen and oxygen atoms in total. The highest BCUT2D eigenvalue weighted by molar-refractivity contribution is 5.92. The average molecular weight is 288 g/mol. The van der Waals surface area contributed by atoms with Crippen LogP contribution in [0.1, 0.15) is 16.8 Å². The molecule has 1 aromatic carbocycles. The number of hydrogen-bond donors (Lipinski definition) is 2. The predicted octanol–water partition coefficient (Wildman–Crippen LogP) is 1.16. The first kappa shape index (κ1) is 14.7. The molecule has 1 aromatic heterocycles. The monoisotopic (exact) mass is 288 g/mol. The number of carboxylic acid groups (broad SMARTS) is 1. The lowest BCUT2D eigenvalue weighted by molar-refractivity contribution is -0.136. The third-order valence-corrected chi connectivity index (χ3v) is 2.97. The molecule has 0 saturated heterocycles. The van der Waals surface area contributed by atoms with Crippen molar-refractivity contribution >= 4 is 17.6 Å². The van der Waals surface area contributed by atoms with Gasteiger partial charge in [-0.2, -0.15) is 0 Å². The molecule has 0 saturated carbocycles. The fourth-order valence-electron chi connectivity index (χ4n) is 1.99. The lowest BCUT2D eigenvalue weighted by Crippen LogP contribution is -2.20. The third-order valence-electron chi connectivity index (χ3n) is 2.97. The quantitative estimate of drug-likeness (QED) is 0.860. The fourth-order valence-corrected chi connectivity index (χ4v) is 1.99. The Kier molecular flexibility index (Phi) is 4.32. The molecule has 0 unspecified atom stereocenters. The van der Waals surface area contributed by atoms with Crippen molar-refractivity contribution in [2.45, 2.75) is 26.8 Å². The van der Waals surface area contributed by atoms with E-state index in [0.717, 1.165) is 16.8 Å². The van der Waals surface area contributed by atoms with Crippen LogP contribution >= 0.6 is 0 Å². The molecule has 7 heteroatoms. The van der Waals surface area contributed by atoms with Gasteiger partial charge in [0.2, 0.25) is 5.91 Å². The molecular formula is C14H16N4O3. The highest BCUT2D eigenvalue weighted by Gasteiger charge is 2.10. The normalized spacial score (nSPS) is 10.4. The van der Waals surface area contributed by atoms with E-state index in [0.29, 0.717) is 5.69 Å². The van der Waals surface area contributed by atoms with Crippen LogP contribution in [0.15, 0.2) is 24.4 Å². The molecule has 2 rings (SSSR count). The van der Waals surface area contributed by atoms with Gasteiger partial charge in [0.25, 0.3) is 0 Å². The number of para-hydroxylation sites is 1. The predicted molar refractivity (Wildman–Crippen MR) is 75.9 cm³/mol. The number of benzene rings is 1. The molecule has 21 heavy (non-hydrogen) atoms. The number of carbonyl (C=O) groups is 2. The van der Waals surface area contributed by atoms with Crippen LogP contribution in [0.3, 0.4) is 0 Å². The maximum atomic E-state index is 12.0.